The van der Waals surface area contributed by atoms with Crippen molar-refractivity contribution < 1.29 is 14.3 Å². The molecule has 0 bridgehead atoms. The van der Waals surface area contributed by atoms with Crippen LogP contribution in [0.2, 0.25) is 18.1 Å². The Balaban J connectivity index is 3.07. The molecule has 0 aromatic heterocycles. The van der Waals surface area contributed by atoms with Crippen molar-refractivity contribution in [1.82, 2.24) is 0 Å². The van der Waals surface area contributed by atoms with E-state index < -0.39 is 13.5 Å². The summed E-state index contributed by atoms with van der Waals surface area (Å²) in [6, 6.07) is 0. The van der Waals surface area contributed by atoms with Gasteiger partial charge in [0, 0.05) is 12.8 Å². The Morgan fingerprint density at radius 2 is 1.94 bits per heavy atom. The molecule has 18 heavy (non-hydrogen) atoms. The average Bonchev–Trinajstić information content (AvgIpc) is 2.28. The SMILES string of the molecule is CCC(=O)OC1([Si](C)(C)C(C)(C)C)CCCCO1. The van der Waals surface area contributed by atoms with Gasteiger partial charge in [-0.25, -0.2) is 0 Å². The smallest absolute Gasteiger partial charge is 0.307 e. The lowest BCUT2D eigenvalue weighted by Gasteiger charge is -2.52. The molecular formula is C14H28O3Si. The molecule has 0 spiro atoms. The Labute approximate surface area is 112 Å². The van der Waals surface area contributed by atoms with E-state index in [9.17, 15) is 4.79 Å². The van der Waals surface area contributed by atoms with Crippen LogP contribution in [0.15, 0.2) is 0 Å². The number of hydrogen-bond acceptors (Lipinski definition) is 3. The molecule has 1 aliphatic rings. The largest absolute Gasteiger partial charge is 0.437 e. The zero-order valence-corrected chi connectivity index (χ0v) is 13.8. The monoisotopic (exact) mass is 272 g/mol. The van der Waals surface area contributed by atoms with Crippen molar-refractivity contribution >= 4 is 14.0 Å². The van der Waals surface area contributed by atoms with E-state index in [0.29, 0.717) is 13.0 Å². The lowest BCUT2D eigenvalue weighted by atomic mass is 10.2. The summed E-state index contributed by atoms with van der Waals surface area (Å²) in [5.74, 6) is -0.137. The highest BCUT2D eigenvalue weighted by Crippen LogP contribution is 2.48. The fourth-order valence-electron chi connectivity index (χ4n) is 2.30. The fraction of sp³-hybridized carbons (Fsp3) is 0.929. The molecule has 4 heteroatoms. The quantitative estimate of drug-likeness (QED) is 0.577. The van der Waals surface area contributed by atoms with E-state index in [2.05, 4.69) is 33.9 Å². The van der Waals surface area contributed by atoms with Gasteiger partial charge in [0.1, 0.15) is 8.07 Å². The van der Waals surface area contributed by atoms with Gasteiger partial charge in [0.25, 0.3) is 0 Å². The first-order valence-electron chi connectivity index (χ1n) is 7.02. The van der Waals surface area contributed by atoms with Crippen LogP contribution in [-0.4, -0.2) is 26.1 Å². The molecule has 0 amide bonds. The zero-order valence-electron chi connectivity index (χ0n) is 12.8. The highest BCUT2D eigenvalue weighted by Gasteiger charge is 2.57. The molecule has 0 saturated carbocycles. The van der Waals surface area contributed by atoms with E-state index in [1.165, 1.54) is 0 Å². The van der Waals surface area contributed by atoms with Crippen LogP contribution in [0.1, 0.15) is 53.4 Å². The maximum absolute atomic E-state index is 11.8. The van der Waals surface area contributed by atoms with Crippen molar-refractivity contribution in [1.29, 1.82) is 0 Å². The van der Waals surface area contributed by atoms with Gasteiger partial charge in [-0.1, -0.05) is 40.8 Å². The van der Waals surface area contributed by atoms with Gasteiger partial charge in [-0.15, -0.1) is 0 Å². The molecule has 1 heterocycles. The standard InChI is InChI=1S/C14H28O3Si/c1-7-12(15)17-14(10-8-9-11-16-14)18(5,6)13(2,3)4/h7-11H2,1-6H3. The van der Waals surface area contributed by atoms with Crippen molar-refractivity contribution in [3.8, 4) is 0 Å². The maximum atomic E-state index is 11.8. The minimum absolute atomic E-state index is 0.137. The van der Waals surface area contributed by atoms with E-state index in [0.717, 1.165) is 19.3 Å². The van der Waals surface area contributed by atoms with Crippen LogP contribution in [0, 0.1) is 0 Å². The van der Waals surface area contributed by atoms with Crippen LogP contribution < -0.4 is 0 Å². The molecule has 0 N–H and O–H groups in total. The highest BCUT2D eigenvalue weighted by molar-refractivity contribution is 6.82. The maximum Gasteiger partial charge on any atom is 0.307 e. The number of carbonyl (C=O) groups is 1. The molecule has 1 unspecified atom stereocenters. The molecule has 0 aromatic rings. The van der Waals surface area contributed by atoms with Crippen molar-refractivity contribution in [2.75, 3.05) is 6.61 Å². The third-order valence-electron chi connectivity index (χ3n) is 4.63. The summed E-state index contributed by atoms with van der Waals surface area (Å²) >= 11 is 0. The third kappa shape index (κ3) is 2.80. The second-order valence-corrected chi connectivity index (χ2v) is 12.3. The summed E-state index contributed by atoms with van der Waals surface area (Å²) in [6.45, 7) is 13.8. The number of hydrogen-bond donors (Lipinski definition) is 0. The summed E-state index contributed by atoms with van der Waals surface area (Å²) < 4.78 is 11.9. The van der Waals surface area contributed by atoms with Gasteiger partial charge in [-0.2, -0.15) is 0 Å². The number of rotatable bonds is 3. The van der Waals surface area contributed by atoms with Gasteiger partial charge in [0.05, 0.1) is 6.61 Å². The van der Waals surface area contributed by atoms with Crippen molar-refractivity contribution in [3.05, 3.63) is 0 Å². The molecular weight excluding hydrogens is 244 g/mol. The van der Waals surface area contributed by atoms with Crippen LogP contribution in [0.5, 0.6) is 0 Å². The average molecular weight is 272 g/mol. The first-order valence-corrected chi connectivity index (χ1v) is 10.0. The Morgan fingerprint density at radius 1 is 1.33 bits per heavy atom. The molecule has 106 valence electrons. The van der Waals surface area contributed by atoms with E-state index >= 15 is 0 Å². The number of ether oxygens (including phenoxy) is 2. The summed E-state index contributed by atoms with van der Waals surface area (Å²) in [7, 11) is -1.90. The van der Waals surface area contributed by atoms with Crippen LogP contribution in [0.25, 0.3) is 0 Å². The van der Waals surface area contributed by atoms with Crippen LogP contribution >= 0.6 is 0 Å². The van der Waals surface area contributed by atoms with Crippen molar-refractivity contribution in [3.63, 3.8) is 0 Å². The molecule has 1 fully saturated rings. The minimum Gasteiger partial charge on any atom is -0.437 e. The Kier molecular flexibility index (Phi) is 4.65. The molecule has 0 radical (unpaired) electrons. The Hall–Kier alpha value is -0.353. The summed E-state index contributed by atoms with van der Waals surface area (Å²) in [6.07, 6.45) is 3.43. The summed E-state index contributed by atoms with van der Waals surface area (Å²) in [5.41, 5.74) is -0.628. The van der Waals surface area contributed by atoms with Gasteiger partial charge >= 0.3 is 5.97 Å². The minimum atomic E-state index is -1.90. The molecule has 1 rings (SSSR count). The first-order chi connectivity index (χ1) is 8.16. The van der Waals surface area contributed by atoms with Crippen LogP contribution in [0.4, 0.5) is 0 Å². The molecule has 1 aliphatic heterocycles. The van der Waals surface area contributed by atoms with Gasteiger partial charge in [-0.05, 0) is 17.9 Å². The predicted octanol–water partition coefficient (Wildman–Crippen LogP) is 3.88. The normalized spacial score (nSPS) is 25.9. The Morgan fingerprint density at radius 3 is 2.33 bits per heavy atom. The van der Waals surface area contributed by atoms with Crippen molar-refractivity contribution in [2.24, 2.45) is 0 Å². The first kappa shape index (κ1) is 15.7. The second kappa shape index (κ2) is 5.33. The fourth-order valence-corrected chi connectivity index (χ4v) is 5.07. The van der Waals surface area contributed by atoms with Gasteiger partial charge in [0.2, 0.25) is 0 Å². The highest BCUT2D eigenvalue weighted by atomic mass is 28.3. The predicted molar refractivity (Wildman–Crippen MR) is 76.1 cm³/mol. The second-order valence-electron chi connectivity index (χ2n) is 6.76. The molecule has 1 atom stereocenters. The summed E-state index contributed by atoms with van der Waals surface area (Å²) in [5, 5.41) is 0.137. The third-order valence-corrected chi connectivity index (χ3v) is 10.8. The van der Waals surface area contributed by atoms with E-state index in [1.807, 2.05) is 6.92 Å². The molecule has 0 aliphatic carbocycles. The van der Waals surface area contributed by atoms with E-state index in [-0.39, 0.29) is 11.0 Å². The number of carbonyl (C=O) groups excluding carboxylic acids is 1. The summed E-state index contributed by atoms with van der Waals surface area (Å²) in [4.78, 5) is 11.8. The number of esters is 1. The molecule has 0 aromatic carbocycles. The lowest BCUT2D eigenvalue weighted by Crippen LogP contribution is -2.64. The topological polar surface area (TPSA) is 35.5 Å². The lowest BCUT2D eigenvalue weighted by molar-refractivity contribution is -0.211. The van der Waals surface area contributed by atoms with E-state index in [1.54, 1.807) is 0 Å². The van der Waals surface area contributed by atoms with Gasteiger partial charge < -0.3 is 9.47 Å². The van der Waals surface area contributed by atoms with Crippen LogP contribution in [0.3, 0.4) is 0 Å². The molecule has 3 nitrogen and oxygen atoms in total. The van der Waals surface area contributed by atoms with Crippen LogP contribution in [-0.2, 0) is 14.3 Å². The van der Waals surface area contributed by atoms with Crippen molar-refractivity contribution in [2.45, 2.75) is 76.9 Å². The Bertz CT molecular complexity index is 299. The van der Waals surface area contributed by atoms with E-state index in [4.69, 9.17) is 9.47 Å². The zero-order chi connectivity index (χ0) is 14.0. The van der Waals surface area contributed by atoms with Gasteiger partial charge in [0.15, 0.2) is 5.41 Å². The van der Waals surface area contributed by atoms with Gasteiger partial charge in [-0.3, -0.25) is 4.79 Å². The molecule has 1 saturated heterocycles.